The highest BCUT2D eigenvalue weighted by Gasteiger charge is 2.21. The van der Waals surface area contributed by atoms with E-state index in [2.05, 4.69) is 15.0 Å². The largest absolute Gasteiger partial charge is 0.380 e. The van der Waals surface area contributed by atoms with Gasteiger partial charge in [-0.2, -0.15) is 0 Å². The van der Waals surface area contributed by atoms with Crippen LogP contribution in [-0.4, -0.2) is 24.9 Å². The molecule has 1 aromatic carbocycles. The van der Waals surface area contributed by atoms with Crippen molar-refractivity contribution in [3.63, 3.8) is 0 Å². The number of nitrogens with one attached hydrogen (secondary N) is 2. The average molecular weight is 328 g/mol. The van der Waals surface area contributed by atoms with Crippen molar-refractivity contribution in [3.8, 4) is 0 Å². The van der Waals surface area contributed by atoms with Crippen LogP contribution in [-0.2, 0) is 10.0 Å². The number of hydrogen-bond donors (Lipinski definition) is 2. The van der Waals surface area contributed by atoms with Gasteiger partial charge in [-0.1, -0.05) is 0 Å². The number of sulfonamides is 1. The minimum atomic E-state index is -3.91. The van der Waals surface area contributed by atoms with E-state index in [0.717, 1.165) is 17.4 Å². The fourth-order valence-electron chi connectivity index (χ4n) is 1.62. The Labute approximate surface area is 125 Å². The summed E-state index contributed by atoms with van der Waals surface area (Å²) >= 11 is 1.12. The molecule has 10 heteroatoms. The Kier molecular flexibility index (Phi) is 4.38. The fourth-order valence-corrected chi connectivity index (χ4v) is 3.43. The van der Waals surface area contributed by atoms with Gasteiger partial charge in [-0.15, -0.1) is 11.3 Å². The molecule has 2 N–H and O–H groups in total. The lowest BCUT2D eigenvalue weighted by Crippen LogP contribution is -2.13. The first kappa shape index (κ1) is 15.2. The molecule has 0 saturated heterocycles. The van der Waals surface area contributed by atoms with Gasteiger partial charge in [0.2, 0.25) is 0 Å². The Morgan fingerprint density at radius 1 is 1.43 bits per heavy atom. The van der Waals surface area contributed by atoms with E-state index in [1.807, 2.05) is 0 Å². The van der Waals surface area contributed by atoms with Gasteiger partial charge in [-0.25, -0.2) is 13.4 Å². The molecule has 2 rings (SSSR count). The summed E-state index contributed by atoms with van der Waals surface area (Å²) in [6.07, 6.45) is 1.46. The van der Waals surface area contributed by atoms with Crippen LogP contribution in [0.1, 0.15) is 6.92 Å². The molecule has 8 nitrogen and oxygen atoms in total. The zero-order valence-corrected chi connectivity index (χ0v) is 12.6. The van der Waals surface area contributed by atoms with Crippen molar-refractivity contribution in [1.82, 2.24) is 4.98 Å². The normalized spacial score (nSPS) is 11.1. The van der Waals surface area contributed by atoms with Gasteiger partial charge in [0.25, 0.3) is 15.7 Å². The minimum Gasteiger partial charge on any atom is -0.380 e. The number of rotatable bonds is 6. The number of anilines is 2. The number of aromatic nitrogens is 1. The minimum absolute atomic E-state index is 0.189. The van der Waals surface area contributed by atoms with Crippen LogP contribution < -0.4 is 10.0 Å². The number of nitro benzene ring substituents is 1. The maximum absolute atomic E-state index is 12.2. The third-order valence-electron chi connectivity index (χ3n) is 2.50. The molecule has 0 fully saturated rings. The third kappa shape index (κ3) is 3.47. The summed E-state index contributed by atoms with van der Waals surface area (Å²) in [6.45, 7) is 2.28. The zero-order valence-electron chi connectivity index (χ0n) is 10.9. The van der Waals surface area contributed by atoms with Gasteiger partial charge in [-0.05, 0) is 19.1 Å². The molecule has 0 bridgehead atoms. The summed E-state index contributed by atoms with van der Waals surface area (Å²) in [5, 5.41) is 15.7. The summed E-state index contributed by atoms with van der Waals surface area (Å²) in [4.78, 5) is 14.0. The first-order valence-corrected chi connectivity index (χ1v) is 8.25. The van der Waals surface area contributed by atoms with Crippen molar-refractivity contribution in [3.05, 3.63) is 39.9 Å². The Morgan fingerprint density at radius 2 is 2.19 bits per heavy atom. The molecule has 0 saturated carbocycles. The second-order valence-corrected chi connectivity index (χ2v) is 6.49. The SMILES string of the molecule is CCNc1ccc(S(=O)(=O)Nc2nccs2)cc1[N+](=O)[O-]. The van der Waals surface area contributed by atoms with Gasteiger partial charge in [0.1, 0.15) is 5.69 Å². The molecule has 0 radical (unpaired) electrons. The van der Waals surface area contributed by atoms with Crippen molar-refractivity contribution in [1.29, 1.82) is 0 Å². The van der Waals surface area contributed by atoms with Crippen LogP contribution in [0.4, 0.5) is 16.5 Å². The maximum atomic E-state index is 12.2. The topological polar surface area (TPSA) is 114 Å². The highest BCUT2D eigenvalue weighted by molar-refractivity contribution is 7.93. The van der Waals surface area contributed by atoms with Crippen LogP contribution in [0.2, 0.25) is 0 Å². The zero-order chi connectivity index (χ0) is 15.5. The summed E-state index contributed by atoms with van der Waals surface area (Å²) in [5.41, 5.74) is -0.0189. The number of nitro groups is 1. The van der Waals surface area contributed by atoms with Crippen molar-refractivity contribution in [2.24, 2.45) is 0 Å². The Hall–Kier alpha value is -2.20. The van der Waals surface area contributed by atoms with Gasteiger partial charge in [0.05, 0.1) is 9.82 Å². The number of thiazole rings is 1. The molecule has 1 heterocycles. The highest BCUT2D eigenvalue weighted by Crippen LogP contribution is 2.28. The number of hydrogen-bond acceptors (Lipinski definition) is 7. The fraction of sp³-hybridized carbons (Fsp3) is 0.182. The smallest absolute Gasteiger partial charge is 0.293 e. The molecule has 0 unspecified atom stereocenters. The summed E-state index contributed by atoms with van der Waals surface area (Å²) in [5.74, 6) is 0. The van der Waals surface area contributed by atoms with Crippen molar-refractivity contribution in [2.45, 2.75) is 11.8 Å². The monoisotopic (exact) mass is 328 g/mol. The van der Waals surface area contributed by atoms with Crippen molar-refractivity contribution >= 4 is 37.9 Å². The van der Waals surface area contributed by atoms with E-state index in [9.17, 15) is 18.5 Å². The van der Waals surface area contributed by atoms with E-state index < -0.39 is 14.9 Å². The van der Waals surface area contributed by atoms with E-state index in [1.165, 1.54) is 18.3 Å². The molecule has 112 valence electrons. The Morgan fingerprint density at radius 3 is 2.76 bits per heavy atom. The van der Waals surface area contributed by atoms with Crippen LogP contribution in [0.5, 0.6) is 0 Å². The number of nitrogens with zero attached hydrogens (tertiary/aromatic N) is 2. The third-order valence-corrected chi connectivity index (χ3v) is 4.65. The molecular formula is C11H12N4O4S2. The molecule has 0 spiro atoms. The quantitative estimate of drug-likeness (QED) is 0.621. The molecule has 1 aromatic heterocycles. The second kappa shape index (κ2) is 6.06. The van der Waals surface area contributed by atoms with E-state index in [0.29, 0.717) is 6.54 Å². The van der Waals surface area contributed by atoms with Gasteiger partial charge >= 0.3 is 0 Å². The van der Waals surface area contributed by atoms with E-state index in [-0.39, 0.29) is 21.4 Å². The highest BCUT2D eigenvalue weighted by atomic mass is 32.2. The standard InChI is InChI=1S/C11H12N4O4S2/c1-2-12-9-4-3-8(7-10(9)15(16)17)21(18,19)14-11-13-5-6-20-11/h3-7,12H,2H2,1H3,(H,13,14). The molecular weight excluding hydrogens is 316 g/mol. The summed E-state index contributed by atoms with van der Waals surface area (Å²) in [7, 11) is -3.91. The van der Waals surface area contributed by atoms with Gasteiger partial charge in [0.15, 0.2) is 5.13 Å². The van der Waals surface area contributed by atoms with E-state index >= 15 is 0 Å². The first-order chi connectivity index (χ1) is 9.94. The van der Waals surface area contributed by atoms with Crippen molar-refractivity contribution < 1.29 is 13.3 Å². The number of benzene rings is 1. The first-order valence-electron chi connectivity index (χ1n) is 5.88. The molecule has 0 aliphatic carbocycles. The van der Waals surface area contributed by atoms with Crippen LogP contribution in [0, 0.1) is 10.1 Å². The molecule has 21 heavy (non-hydrogen) atoms. The predicted octanol–water partition coefficient (Wildman–Crippen LogP) is 2.28. The van der Waals surface area contributed by atoms with Crippen molar-refractivity contribution in [2.75, 3.05) is 16.6 Å². The molecule has 0 atom stereocenters. The molecule has 0 aliphatic rings. The lowest BCUT2D eigenvalue weighted by molar-refractivity contribution is -0.384. The summed E-state index contributed by atoms with van der Waals surface area (Å²) in [6, 6.07) is 3.70. The summed E-state index contributed by atoms with van der Waals surface area (Å²) < 4.78 is 26.6. The van der Waals surface area contributed by atoms with E-state index in [1.54, 1.807) is 12.3 Å². The molecule has 2 aromatic rings. The Balaban J connectivity index is 2.39. The maximum Gasteiger partial charge on any atom is 0.293 e. The molecule has 0 aliphatic heterocycles. The van der Waals surface area contributed by atoms with Crippen LogP contribution in [0.3, 0.4) is 0 Å². The van der Waals surface area contributed by atoms with Crippen LogP contribution in [0.15, 0.2) is 34.7 Å². The lowest BCUT2D eigenvalue weighted by Gasteiger charge is -2.08. The Bertz CT molecular complexity index is 744. The second-order valence-electron chi connectivity index (χ2n) is 3.91. The van der Waals surface area contributed by atoms with Gasteiger partial charge in [0, 0.05) is 24.2 Å². The average Bonchev–Trinajstić information content (AvgIpc) is 2.91. The van der Waals surface area contributed by atoms with Gasteiger partial charge in [-0.3, -0.25) is 14.8 Å². The van der Waals surface area contributed by atoms with Gasteiger partial charge < -0.3 is 5.32 Å². The molecule has 0 amide bonds. The lowest BCUT2D eigenvalue weighted by atomic mass is 10.2. The van der Waals surface area contributed by atoms with E-state index in [4.69, 9.17) is 0 Å². The van der Waals surface area contributed by atoms with Crippen LogP contribution >= 0.6 is 11.3 Å². The van der Waals surface area contributed by atoms with Crippen LogP contribution in [0.25, 0.3) is 0 Å². The predicted molar refractivity (Wildman–Crippen MR) is 80.2 cm³/mol.